The molecule has 1 atom stereocenters. The Hall–Kier alpha value is -1.24. The van der Waals surface area contributed by atoms with Crippen molar-refractivity contribution in [3.05, 3.63) is 51.2 Å². The molecule has 21 heavy (non-hydrogen) atoms. The summed E-state index contributed by atoms with van der Waals surface area (Å²) in [7, 11) is 0. The number of aliphatic imine (C=N–C) groups is 1. The lowest BCUT2D eigenvalue weighted by Crippen LogP contribution is -2.30. The molecule has 2 aromatic rings. The second-order valence-electron chi connectivity index (χ2n) is 4.84. The van der Waals surface area contributed by atoms with Gasteiger partial charge in [0.25, 0.3) is 0 Å². The highest BCUT2D eigenvalue weighted by molar-refractivity contribution is 9.10. The Bertz CT molecular complexity index is 744. The number of ether oxygens (including phenoxy) is 1. The molecule has 1 spiro atoms. The molecule has 1 unspecified atom stereocenters. The summed E-state index contributed by atoms with van der Waals surface area (Å²) < 4.78 is 6.92. The van der Waals surface area contributed by atoms with Gasteiger partial charge in [0.15, 0.2) is 10.9 Å². The van der Waals surface area contributed by atoms with Gasteiger partial charge in [0.05, 0.1) is 6.20 Å². The molecule has 0 amide bonds. The summed E-state index contributed by atoms with van der Waals surface area (Å²) in [5.41, 5.74) is 7.27. The number of thioether (sulfide) groups is 1. The minimum absolute atomic E-state index is 0.417. The highest BCUT2D eigenvalue weighted by Crippen LogP contribution is 2.53. The van der Waals surface area contributed by atoms with E-state index in [1.54, 1.807) is 6.20 Å². The third kappa shape index (κ3) is 1.97. The molecule has 0 fully saturated rings. The van der Waals surface area contributed by atoms with Crippen molar-refractivity contribution < 1.29 is 4.74 Å². The maximum absolute atomic E-state index is 6.07. The molecule has 2 N–H and O–H groups in total. The lowest BCUT2D eigenvalue weighted by atomic mass is 9.83. The Morgan fingerprint density at radius 3 is 2.86 bits per heavy atom. The molecular formula is C14H9BrClN3OS. The van der Waals surface area contributed by atoms with E-state index in [0.717, 1.165) is 27.1 Å². The molecule has 1 aromatic heterocycles. The third-order valence-corrected chi connectivity index (χ3v) is 5.27. The van der Waals surface area contributed by atoms with E-state index in [2.05, 4.69) is 20.9 Å². The number of nitrogens with two attached hydrogens (primary N) is 1. The lowest BCUT2D eigenvalue weighted by molar-refractivity contribution is 0.414. The predicted octanol–water partition coefficient (Wildman–Crippen LogP) is 3.91. The Balaban J connectivity index is 2.05. The van der Waals surface area contributed by atoms with Gasteiger partial charge in [-0.3, -0.25) is 0 Å². The fourth-order valence-corrected chi connectivity index (χ4v) is 4.18. The smallest absolute Gasteiger partial charge is 0.155 e. The van der Waals surface area contributed by atoms with Gasteiger partial charge >= 0.3 is 0 Å². The predicted molar refractivity (Wildman–Crippen MR) is 88.3 cm³/mol. The molecule has 2 aliphatic heterocycles. The maximum atomic E-state index is 6.07. The number of aromatic nitrogens is 1. The fraction of sp³-hybridized carbons (Fsp3) is 0.143. The van der Waals surface area contributed by atoms with Crippen LogP contribution in [0.1, 0.15) is 11.1 Å². The first kappa shape index (κ1) is 13.4. The van der Waals surface area contributed by atoms with Gasteiger partial charge in [0, 0.05) is 21.4 Å². The number of pyridine rings is 1. The van der Waals surface area contributed by atoms with Crippen LogP contribution in [0.25, 0.3) is 0 Å². The summed E-state index contributed by atoms with van der Waals surface area (Å²) in [6.45, 7) is 0. The average Bonchev–Trinajstić information content (AvgIpc) is 2.84. The topological polar surface area (TPSA) is 60.5 Å². The van der Waals surface area contributed by atoms with Crippen LogP contribution in [0, 0.1) is 0 Å². The van der Waals surface area contributed by atoms with E-state index in [1.807, 2.05) is 24.3 Å². The quantitative estimate of drug-likeness (QED) is 0.702. The number of hydrogen-bond acceptors (Lipinski definition) is 5. The Labute approximate surface area is 138 Å². The number of halogens is 2. The highest BCUT2D eigenvalue weighted by Gasteiger charge is 2.46. The minimum atomic E-state index is -0.561. The summed E-state index contributed by atoms with van der Waals surface area (Å²) >= 11 is 11.1. The second-order valence-corrected chi connectivity index (χ2v) is 7.14. The van der Waals surface area contributed by atoms with Crippen LogP contribution in [0.15, 0.2) is 39.9 Å². The minimum Gasteiger partial charge on any atom is -0.455 e. The molecule has 4 nitrogen and oxygen atoms in total. The number of rotatable bonds is 0. The Morgan fingerprint density at radius 1 is 1.29 bits per heavy atom. The van der Waals surface area contributed by atoms with Gasteiger partial charge in [-0.05, 0) is 24.3 Å². The normalized spacial score (nSPS) is 22.5. The first-order valence-electron chi connectivity index (χ1n) is 6.20. The lowest BCUT2D eigenvalue weighted by Gasteiger charge is -2.34. The SMILES string of the molecule is NC1=NC2(CS1)c1cc(Br)ccc1Oc1cnc(Cl)cc12. The summed E-state index contributed by atoms with van der Waals surface area (Å²) in [5.74, 6) is 2.17. The number of amidine groups is 1. The van der Waals surface area contributed by atoms with Crippen molar-refractivity contribution >= 4 is 44.5 Å². The number of hydrogen-bond donors (Lipinski definition) is 1. The van der Waals surface area contributed by atoms with Gasteiger partial charge in [-0.2, -0.15) is 0 Å². The molecule has 1 aromatic carbocycles. The molecule has 0 bridgehead atoms. The molecule has 0 saturated carbocycles. The van der Waals surface area contributed by atoms with E-state index in [-0.39, 0.29) is 0 Å². The molecule has 2 aliphatic rings. The van der Waals surface area contributed by atoms with Crippen LogP contribution in [-0.4, -0.2) is 15.9 Å². The van der Waals surface area contributed by atoms with Crippen LogP contribution in [0.5, 0.6) is 11.5 Å². The number of benzene rings is 1. The summed E-state index contributed by atoms with van der Waals surface area (Å²) in [6, 6.07) is 7.70. The first-order chi connectivity index (χ1) is 10.1. The first-order valence-corrected chi connectivity index (χ1v) is 8.36. The van der Waals surface area contributed by atoms with Crippen molar-refractivity contribution in [3.63, 3.8) is 0 Å². The van der Waals surface area contributed by atoms with Gasteiger partial charge in [0.2, 0.25) is 0 Å². The van der Waals surface area contributed by atoms with Crippen molar-refractivity contribution in [2.75, 3.05) is 5.75 Å². The van der Waals surface area contributed by atoms with E-state index < -0.39 is 5.54 Å². The molecule has 0 aliphatic carbocycles. The van der Waals surface area contributed by atoms with Crippen LogP contribution in [0.3, 0.4) is 0 Å². The van der Waals surface area contributed by atoms with E-state index in [4.69, 9.17) is 27.1 Å². The molecule has 0 saturated heterocycles. The number of nitrogens with zero attached hydrogens (tertiary/aromatic N) is 2. The molecule has 0 radical (unpaired) electrons. The maximum Gasteiger partial charge on any atom is 0.155 e. The zero-order chi connectivity index (χ0) is 14.6. The van der Waals surface area contributed by atoms with Crippen molar-refractivity contribution in [1.82, 2.24) is 4.98 Å². The van der Waals surface area contributed by atoms with Crippen LogP contribution in [0.4, 0.5) is 0 Å². The average molecular weight is 383 g/mol. The summed E-state index contributed by atoms with van der Waals surface area (Å²) in [5, 5.41) is 0.988. The van der Waals surface area contributed by atoms with E-state index in [0.29, 0.717) is 16.1 Å². The molecule has 4 rings (SSSR count). The van der Waals surface area contributed by atoms with Crippen LogP contribution in [-0.2, 0) is 5.54 Å². The van der Waals surface area contributed by atoms with Gasteiger partial charge in [0.1, 0.15) is 16.4 Å². The van der Waals surface area contributed by atoms with E-state index in [1.165, 1.54) is 11.8 Å². The van der Waals surface area contributed by atoms with Crippen LogP contribution < -0.4 is 10.5 Å². The zero-order valence-corrected chi connectivity index (χ0v) is 13.8. The Kier molecular flexibility index (Phi) is 2.96. The molecule has 106 valence electrons. The monoisotopic (exact) mass is 381 g/mol. The van der Waals surface area contributed by atoms with Crippen LogP contribution in [0.2, 0.25) is 5.15 Å². The second kappa shape index (κ2) is 4.63. The van der Waals surface area contributed by atoms with Gasteiger partial charge in [-0.1, -0.05) is 39.3 Å². The molecular weight excluding hydrogens is 374 g/mol. The standard InChI is InChI=1S/C14H9BrClN3OS/c15-7-1-2-10-8(3-7)14(6-21-13(17)19-14)9-4-12(16)18-5-11(9)20-10/h1-5H,6H2,(H2,17,19). The summed E-state index contributed by atoms with van der Waals surface area (Å²) in [6.07, 6.45) is 1.64. The highest BCUT2D eigenvalue weighted by atomic mass is 79.9. The van der Waals surface area contributed by atoms with Crippen molar-refractivity contribution in [3.8, 4) is 11.5 Å². The van der Waals surface area contributed by atoms with Crippen molar-refractivity contribution in [2.24, 2.45) is 10.7 Å². The molecule has 3 heterocycles. The fourth-order valence-electron chi connectivity index (χ4n) is 2.71. The van der Waals surface area contributed by atoms with Crippen molar-refractivity contribution in [2.45, 2.75) is 5.54 Å². The summed E-state index contributed by atoms with van der Waals surface area (Å²) in [4.78, 5) is 8.82. The van der Waals surface area contributed by atoms with E-state index in [9.17, 15) is 0 Å². The molecule has 7 heteroatoms. The van der Waals surface area contributed by atoms with Gasteiger partial charge < -0.3 is 10.5 Å². The van der Waals surface area contributed by atoms with Gasteiger partial charge in [-0.15, -0.1) is 0 Å². The third-order valence-electron chi connectivity index (χ3n) is 3.62. The Morgan fingerprint density at radius 2 is 2.10 bits per heavy atom. The number of fused-ring (bicyclic) bond motifs is 4. The van der Waals surface area contributed by atoms with Crippen LogP contribution >= 0.6 is 39.3 Å². The zero-order valence-electron chi connectivity index (χ0n) is 10.6. The van der Waals surface area contributed by atoms with Crippen molar-refractivity contribution in [1.29, 1.82) is 0 Å². The van der Waals surface area contributed by atoms with Gasteiger partial charge in [-0.25, -0.2) is 9.98 Å². The van der Waals surface area contributed by atoms with E-state index >= 15 is 0 Å². The largest absolute Gasteiger partial charge is 0.455 e.